The molecule has 0 fully saturated rings. The molecular formula is C7H8S. The summed E-state index contributed by atoms with van der Waals surface area (Å²) in [7, 11) is 0. The van der Waals surface area contributed by atoms with Crippen molar-refractivity contribution in [1.29, 1.82) is 0 Å². The summed E-state index contributed by atoms with van der Waals surface area (Å²) in [4.78, 5) is 2.89. The molecule has 0 bridgehead atoms. The van der Waals surface area contributed by atoms with Crippen molar-refractivity contribution in [3.05, 3.63) is 24.3 Å². The topological polar surface area (TPSA) is 0 Å². The number of fused-ring (bicyclic) bond motifs is 1. The van der Waals surface area contributed by atoms with Crippen molar-refractivity contribution >= 4 is 11.8 Å². The van der Waals surface area contributed by atoms with Crippen LogP contribution in [0.2, 0.25) is 0 Å². The SMILES string of the molecule is C.c1ccc2c(c1)S2. The molecule has 0 aliphatic carbocycles. The van der Waals surface area contributed by atoms with E-state index in [-0.39, 0.29) is 7.43 Å². The molecular weight excluding hydrogens is 116 g/mol. The first-order valence-electron chi connectivity index (χ1n) is 2.24. The number of hydrogen-bond acceptors (Lipinski definition) is 1. The van der Waals surface area contributed by atoms with Gasteiger partial charge < -0.3 is 0 Å². The molecule has 1 aliphatic rings. The van der Waals surface area contributed by atoms with Gasteiger partial charge in [0.15, 0.2) is 0 Å². The summed E-state index contributed by atoms with van der Waals surface area (Å²) in [6, 6.07) is 8.41. The average molecular weight is 124 g/mol. The predicted molar refractivity (Wildman–Crippen MR) is 37.3 cm³/mol. The predicted octanol–water partition coefficient (Wildman–Crippen LogP) is 2.79. The fourth-order valence-electron chi connectivity index (χ4n) is 0.611. The van der Waals surface area contributed by atoms with Gasteiger partial charge in [-0.2, -0.15) is 0 Å². The van der Waals surface area contributed by atoms with E-state index in [9.17, 15) is 0 Å². The second-order valence-corrected chi connectivity index (χ2v) is 2.63. The van der Waals surface area contributed by atoms with Crippen molar-refractivity contribution in [3.63, 3.8) is 0 Å². The van der Waals surface area contributed by atoms with E-state index < -0.39 is 0 Å². The lowest BCUT2D eigenvalue weighted by Crippen LogP contribution is -1.46. The Labute approximate surface area is 53.9 Å². The highest BCUT2D eigenvalue weighted by Crippen LogP contribution is 2.47. The van der Waals surface area contributed by atoms with Crippen molar-refractivity contribution in [2.24, 2.45) is 0 Å². The van der Waals surface area contributed by atoms with E-state index in [0.29, 0.717) is 0 Å². The fourth-order valence-corrected chi connectivity index (χ4v) is 1.23. The Bertz CT molecular complexity index is 172. The number of benzene rings is 1. The standard InChI is InChI=1S/C6H4S.CH4/c1-2-4-6-5(3-1)7-6;/h1-4H;1H4. The van der Waals surface area contributed by atoms with Gasteiger partial charge in [-0.15, -0.1) is 0 Å². The van der Waals surface area contributed by atoms with Gasteiger partial charge in [0, 0.05) is 9.79 Å². The molecule has 0 N–H and O–H groups in total. The Hall–Kier alpha value is -0.430. The van der Waals surface area contributed by atoms with Gasteiger partial charge in [-0.25, -0.2) is 0 Å². The van der Waals surface area contributed by atoms with Crippen LogP contribution in [0.4, 0.5) is 0 Å². The third kappa shape index (κ3) is 0.736. The highest BCUT2D eigenvalue weighted by atomic mass is 32.2. The molecule has 1 heterocycles. The first-order chi connectivity index (χ1) is 3.47. The first kappa shape index (κ1) is 5.70. The number of rotatable bonds is 0. The van der Waals surface area contributed by atoms with Gasteiger partial charge >= 0.3 is 0 Å². The van der Waals surface area contributed by atoms with Crippen molar-refractivity contribution < 1.29 is 0 Å². The lowest BCUT2D eigenvalue weighted by Gasteiger charge is -1.66. The molecule has 0 saturated heterocycles. The van der Waals surface area contributed by atoms with Crippen LogP contribution in [0.5, 0.6) is 0 Å². The van der Waals surface area contributed by atoms with Crippen LogP contribution in [-0.2, 0) is 0 Å². The molecule has 1 heteroatoms. The molecule has 0 amide bonds. The van der Waals surface area contributed by atoms with Gasteiger partial charge in [0.05, 0.1) is 0 Å². The molecule has 0 radical (unpaired) electrons. The highest BCUT2D eigenvalue weighted by Gasteiger charge is 2.14. The quantitative estimate of drug-likeness (QED) is 0.487. The summed E-state index contributed by atoms with van der Waals surface area (Å²) in [5, 5.41) is 0. The van der Waals surface area contributed by atoms with E-state index in [0.717, 1.165) is 0 Å². The average Bonchev–Trinajstić information content (AvgIpc) is 2.41. The molecule has 42 valence electrons. The summed E-state index contributed by atoms with van der Waals surface area (Å²) in [6.45, 7) is 0. The van der Waals surface area contributed by atoms with Gasteiger partial charge in [0.1, 0.15) is 0 Å². The van der Waals surface area contributed by atoms with Crippen molar-refractivity contribution in [2.75, 3.05) is 0 Å². The molecule has 0 saturated carbocycles. The molecule has 1 aliphatic heterocycles. The maximum Gasteiger partial charge on any atom is 0.0262 e. The molecule has 8 heavy (non-hydrogen) atoms. The lowest BCUT2D eigenvalue weighted by molar-refractivity contribution is 1.38. The molecule has 0 spiro atoms. The fraction of sp³-hybridized carbons (Fsp3) is 0.143. The Morgan fingerprint density at radius 3 is 1.88 bits per heavy atom. The van der Waals surface area contributed by atoms with E-state index in [4.69, 9.17) is 0 Å². The maximum absolute atomic E-state index is 2.14. The van der Waals surface area contributed by atoms with Gasteiger partial charge in [-0.3, -0.25) is 0 Å². The van der Waals surface area contributed by atoms with Crippen LogP contribution in [0.3, 0.4) is 0 Å². The van der Waals surface area contributed by atoms with Gasteiger partial charge in [-0.1, -0.05) is 31.3 Å². The second-order valence-electron chi connectivity index (χ2n) is 1.55. The van der Waals surface area contributed by atoms with Crippen LogP contribution in [-0.4, -0.2) is 0 Å². The Kier molecular flexibility index (Phi) is 1.30. The van der Waals surface area contributed by atoms with Crippen molar-refractivity contribution in [3.8, 4) is 0 Å². The first-order valence-corrected chi connectivity index (χ1v) is 3.05. The van der Waals surface area contributed by atoms with Gasteiger partial charge in [0.25, 0.3) is 0 Å². The lowest BCUT2D eigenvalue weighted by atomic mass is 10.4. The minimum absolute atomic E-state index is 0. The van der Waals surface area contributed by atoms with Crippen LogP contribution in [0, 0.1) is 0 Å². The van der Waals surface area contributed by atoms with E-state index in [2.05, 4.69) is 24.3 Å². The zero-order valence-corrected chi connectivity index (χ0v) is 4.53. The Morgan fingerprint density at radius 2 is 1.50 bits per heavy atom. The summed E-state index contributed by atoms with van der Waals surface area (Å²) in [5.41, 5.74) is 0. The summed E-state index contributed by atoms with van der Waals surface area (Å²) < 4.78 is 0. The largest absolute Gasteiger partial charge is 0.0877 e. The zero-order valence-electron chi connectivity index (χ0n) is 3.72. The molecule has 1 aromatic rings. The normalized spacial score (nSPS) is 11.5. The van der Waals surface area contributed by atoms with Crippen LogP contribution >= 0.6 is 11.8 Å². The van der Waals surface area contributed by atoms with Gasteiger partial charge in [-0.05, 0) is 12.1 Å². The Morgan fingerprint density at radius 1 is 1.00 bits per heavy atom. The summed E-state index contributed by atoms with van der Waals surface area (Å²) in [5.74, 6) is 0. The van der Waals surface area contributed by atoms with E-state index in [1.54, 1.807) is 0 Å². The third-order valence-corrected chi connectivity index (χ3v) is 1.98. The minimum Gasteiger partial charge on any atom is -0.0877 e. The molecule has 0 atom stereocenters. The maximum atomic E-state index is 2.14. The smallest absolute Gasteiger partial charge is 0.0262 e. The summed E-state index contributed by atoms with van der Waals surface area (Å²) >= 11 is 1.86. The molecule has 2 rings (SSSR count). The van der Waals surface area contributed by atoms with Crippen LogP contribution < -0.4 is 0 Å². The molecule has 0 aromatic heterocycles. The van der Waals surface area contributed by atoms with E-state index in [1.165, 1.54) is 9.79 Å². The highest BCUT2D eigenvalue weighted by molar-refractivity contribution is 8.04. The third-order valence-electron chi connectivity index (χ3n) is 1.03. The van der Waals surface area contributed by atoms with Crippen LogP contribution in [0.1, 0.15) is 7.43 Å². The molecule has 0 unspecified atom stereocenters. The molecule has 0 nitrogen and oxygen atoms in total. The summed E-state index contributed by atoms with van der Waals surface area (Å²) in [6.07, 6.45) is 0. The van der Waals surface area contributed by atoms with Crippen molar-refractivity contribution in [2.45, 2.75) is 17.2 Å². The van der Waals surface area contributed by atoms with Crippen LogP contribution in [0.25, 0.3) is 0 Å². The second kappa shape index (κ2) is 1.82. The van der Waals surface area contributed by atoms with E-state index in [1.807, 2.05) is 11.8 Å². The Balaban J connectivity index is 0.000000320. The molecule has 1 aromatic carbocycles. The van der Waals surface area contributed by atoms with Crippen LogP contribution in [0.15, 0.2) is 34.1 Å². The number of hydrogen-bond donors (Lipinski definition) is 0. The minimum atomic E-state index is 0. The van der Waals surface area contributed by atoms with E-state index >= 15 is 0 Å². The zero-order chi connectivity index (χ0) is 4.69. The van der Waals surface area contributed by atoms with Crippen molar-refractivity contribution in [1.82, 2.24) is 0 Å². The van der Waals surface area contributed by atoms with Gasteiger partial charge in [0.2, 0.25) is 0 Å². The monoisotopic (exact) mass is 124 g/mol.